The van der Waals surface area contributed by atoms with Crippen molar-refractivity contribution < 1.29 is 18.8 Å². The van der Waals surface area contributed by atoms with Gasteiger partial charge in [0.2, 0.25) is 5.88 Å². The monoisotopic (exact) mass is 347 g/mol. The fraction of sp³-hybridized carbons (Fsp3) is 0.188. The summed E-state index contributed by atoms with van der Waals surface area (Å²) in [6.45, 7) is 4.78. The molecule has 0 unspecified atom stereocenters. The van der Waals surface area contributed by atoms with Crippen molar-refractivity contribution in [3.8, 4) is 0 Å². The molecule has 1 aromatic heterocycles. The quantitative estimate of drug-likeness (QED) is 0.450. The van der Waals surface area contributed by atoms with Crippen LogP contribution >= 0.6 is 11.8 Å². The molecule has 2 aromatic rings. The summed E-state index contributed by atoms with van der Waals surface area (Å²) >= 11 is 1.54. The molecule has 0 aliphatic rings. The van der Waals surface area contributed by atoms with Gasteiger partial charge in [-0.1, -0.05) is 23.4 Å². The van der Waals surface area contributed by atoms with Crippen molar-refractivity contribution in [3.63, 3.8) is 0 Å². The zero-order valence-electron chi connectivity index (χ0n) is 13.1. The Balaban J connectivity index is 1.94. The lowest BCUT2D eigenvalue weighted by atomic mass is 10.2. The first-order valence-electron chi connectivity index (χ1n) is 7.04. The predicted octanol–water partition coefficient (Wildman–Crippen LogP) is 2.64. The highest BCUT2D eigenvalue weighted by molar-refractivity contribution is 7.99. The van der Waals surface area contributed by atoms with E-state index in [0.29, 0.717) is 17.1 Å². The molecule has 0 saturated carbocycles. The summed E-state index contributed by atoms with van der Waals surface area (Å²) in [5.41, 5.74) is 6.48. The highest BCUT2D eigenvalue weighted by Gasteiger charge is 2.21. The van der Waals surface area contributed by atoms with Gasteiger partial charge in [-0.2, -0.15) is 0 Å². The second kappa shape index (κ2) is 8.21. The average molecular weight is 347 g/mol. The van der Waals surface area contributed by atoms with Crippen LogP contribution < -0.4 is 11.1 Å². The number of nitrogens with one attached hydrogen (secondary N) is 1. The third kappa shape index (κ3) is 4.39. The maximum atomic E-state index is 12.0. The van der Waals surface area contributed by atoms with Crippen molar-refractivity contribution >= 4 is 35.2 Å². The van der Waals surface area contributed by atoms with Crippen LogP contribution in [0.25, 0.3) is 0 Å². The predicted molar refractivity (Wildman–Crippen MR) is 91.9 cm³/mol. The van der Waals surface area contributed by atoms with E-state index in [0.717, 1.165) is 4.90 Å². The maximum absolute atomic E-state index is 12.0. The number of carbonyl (C=O) groups is 2. The van der Waals surface area contributed by atoms with E-state index in [-0.39, 0.29) is 11.4 Å². The first-order chi connectivity index (χ1) is 11.5. The van der Waals surface area contributed by atoms with E-state index in [1.54, 1.807) is 25.1 Å². The largest absolute Gasteiger partial charge is 0.452 e. The number of ether oxygens (including phenoxy) is 1. The van der Waals surface area contributed by atoms with Crippen LogP contribution in [0.1, 0.15) is 16.1 Å². The number of thioether (sulfide) groups is 1. The van der Waals surface area contributed by atoms with Gasteiger partial charge in [0.15, 0.2) is 6.61 Å². The van der Waals surface area contributed by atoms with Crippen LogP contribution in [0.5, 0.6) is 0 Å². The van der Waals surface area contributed by atoms with Crippen LogP contribution in [-0.2, 0) is 9.53 Å². The number of nitrogen functional groups attached to an aromatic ring is 1. The molecule has 0 spiro atoms. The molecule has 0 bridgehead atoms. The number of hydrogen-bond donors (Lipinski definition) is 2. The molecule has 0 saturated heterocycles. The van der Waals surface area contributed by atoms with Gasteiger partial charge in [-0.3, -0.25) is 4.79 Å². The summed E-state index contributed by atoms with van der Waals surface area (Å²) in [5, 5.41) is 6.27. The molecular weight excluding hydrogens is 330 g/mol. The minimum atomic E-state index is -0.754. The summed E-state index contributed by atoms with van der Waals surface area (Å²) in [7, 11) is 0. The van der Waals surface area contributed by atoms with Crippen LogP contribution in [-0.4, -0.2) is 29.4 Å². The Morgan fingerprint density at radius 1 is 1.46 bits per heavy atom. The highest BCUT2D eigenvalue weighted by atomic mass is 32.2. The fourth-order valence-corrected chi connectivity index (χ4v) is 2.62. The molecule has 0 aliphatic carbocycles. The molecule has 0 aliphatic heterocycles. The molecule has 8 heteroatoms. The number of esters is 1. The number of para-hydroxylation sites is 1. The normalized spacial score (nSPS) is 10.2. The van der Waals surface area contributed by atoms with Gasteiger partial charge in [0.1, 0.15) is 5.56 Å². The SMILES string of the molecule is C=CCSc1ccccc1NC(=O)COC(=O)c1c(C)noc1N. The smallest absolute Gasteiger partial charge is 0.346 e. The van der Waals surface area contributed by atoms with Crippen molar-refractivity contribution in [2.24, 2.45) is 0 Å². The van der Waals surface area contributed by atoms with Gasteiger partial charge in [0, 0.05) is 10.6 Å². The van der Waals surface area contributed by atoms with E-state index >= 15 is 0 Å². The van der Waals surface area contributed by atoms with Gasteiger partial charge in [-0.15, -0.1) is 18.3 Å². The summed E-state index contributed by atoms with van der Waals surface area (Å²) in [6, 6.07) is 7.34. The summed E-state index contributed by atoms with van der Waals surface area (Å²) < 4.78 is 9.64. The summed E-state index contributed by atoms with van der Waals surface area (Å²) in [5.74, 6) is -0.629. The van der Waals surface area contributed by atoms with E-state index in [9.17, 15) is 9.59 Å². The Labute approximate surface area is 143 Å². The standard InChI is InChI=1S/C16H17N3O4S/c1-3-8-24-12-7-5-4-6-11(12)18-13(20)9-22-16(21)14-10(2)19-23-15(14)17/h3-7H,1,8-9,17H2,2H3,(H,18,20). The van der Waals surface area contributed by atoms with Crippen LogP contribution in [0.4, 0.5) is 11.6 Å². The lowest BCUT2D eigenvalue weighted by Crippen LogP contribution is -2.21. The lowest BCUT2D eigenvalue weighted by molar-refractivity contribution is -0.119. The highest BCUT2D eigenvalue weighted by Crippen LogP contribution is 2.26. The minimum Gasteiger partial charge on any atom is -0.452 e. The summed E-state index contributed by atoms with van der Waals surface area (Å²) in [4.78, 5) is 24.8. The molecule has 0 radical (unpaired) electrons. The van der Waals surface area contributed by atoms with Crippen LogP contribution in [0.2, 0.25) is 0 Å². The first-order valence-corrected chi connectivity index (χ1v) is 8.03. The Morgan fingerprint density at radius 3 is 2.88 bits per heavy atom. The number of anilines is 2. The number of aryl methyl sites for hydroxylation is 1. The number of amides is 1. The Hall–Kier alpha value is -2.74. The van der Waals surface area contributed by atoms with Crippen LogP contribution in [0.3, 0.4) is 0 Å². The van der Waals surface area contributed by atoms with Crippen molar-refractivity contribution in [3.05, 3.63) is 48.2 Å². The van der Waals surface area contributed by atoms with Gasteiger partial charge >= 0.3 is 5.97 Å². The fourth-order valence-electron chi connectivity index (χ4n) is 1.87. The third-order valence-corrected chi connectivity index (χ3v) is 4.01. The van der Waals surface area contributed by atoms with Gasteiger partial charge in [0.05, 0.1) is 11.4 Å². The molecule has 3 N–H and O–H groups in total. The van der Waals surface area contributed by atoms with Crippen LogP contribution in [0.15, 0.2) is 46.3 Å². The number of carbonyl (C=O) groups excluding carboxylic acids is 2. The second-order valence-electron chi connectivity index (χ2n) is 4.73. The Morgan fingerprint density at radius 2 is 2.21 bits per heavy atom. The van der Waals surface area contributed by atoms with Gasteiger partial charge in [0.25, 0.3) is 5.91 Å². The van der Waals surface area contributed by atoms with E-state index in [1.165, 1.54) is 11.8 Å². The number of nitrogens with zero attached hydrogens (tertiary/aromatic N) is 1. The maximum Gasteiger partial charge on any atom is 0.346 e. The van der Waals surface area contributed by atoms with Crippen molar-refractivity contribution in [1.82, 2.24) is 5.16 Å². The Kier molecular flexibility index (Phi) is 6.02. The zero-order chi connectivity index (χ0) is 17.5. The third-order valence-electron chi connectivity index (χ3n) is 2.95. The zero-order valence-corrected chi connectivity index (χ0v) is 13.9. The lowest BCUT2D eigenvalue weighted by Gasteiger charge is -2.10. The average Bonchev–Trinajstić information content (AvgIpc) is 2.90. The molecule has 24 heavy (non-hydrogen) atoms. The van der Waals surface area contributed by atoms with Crippen LogP contribution in [0, 0.1) is 6.92 Å². The number of nitrogens with two attached hydrogens (primary N) is 1. The van der Waals surface area contributed by atoms with Crippen molar-refractivity contribution in [2.75, 3.05) is 23.4 Å². The number of benzene rings is 1. The number of aromatic nitrogens is 1. The minimum absolute atomic E-state index is 0.0322. The molecular formula is C16H17N3O4S. The molecule has 1 heterocycles. The molecule has 2 rings (SSSR count). The van der Waals surface area contributed by atoms with Gasteiger partial charge < -0.3 is 20.3 Å². The second-order valence-corrected chi connectivity index (χ2v) is 5.79. The molecule has 0 fully saturated rings. The molecule has 1 amide bonds. The summed E-state index contributed by atoms with van der Waals surface area (Å²) in [6.07, 6.45) is 1.77. The molecule has 126 valence electrons. The molecule has 7 nitrogen and oxygen atoms in total. The molecule has 0 atom stereocenters. The van der Waals surface area contributed by atoms with E-state index in [1.807, 2.05) is 12.1 Å². The van der Waals surface area contributed by atoms with Crippen molar-refractivity contribution in [2.45, 2.75) is 11.8 Å². The first kappa shape index (κ1) is 17.6. The Bertz CT molecular complexity index is 738. The van der Waals surface area contributed by atoms with Gasteiger partial charge in [-0.05, 0) is 19.1 Å². The van der Waals surface area contributed by atoms with Crippen molar-refractivity contribution in [1.29, 1.82) is 0 Å². The van der Waals surface area contributed by atoms with E-state index in [4.69, 9.17) is 10.5 Å². The topological polar surface area (TPSA) is 107 Å². The molecule has 1 aromatic carbocycles. The van der Waals surface area contributed by atoms with E-state index < -0.39 is 18.5 Å². The van der Waals surface area contributed by atoms with E-state index in [2.05, 4.69) is 21.6 Å². The van der Waals surface area contributed by atoms with Gasteiger partial charge in [-0.25, -0.2) is 4.79 Å². The number of hydrogen-bond acceptors (Lipinski definition) is 7. The number of rotatable bonds is 7.